The molecule has 0 fully saturated rings. The molecule has 0 saturated heterocycles. The van der Waals surface area contributed by atoms with Crippen LogP contribution in [0, 0.1) is 0 Å². The Labute approximate surface area is 320 Å². The molecule has 0 unspecified atom stereocenters. The van der Waals surface area contributed by atoms with E-state index in [0.717, 1.165) is 22.7 Å². The Kier molecular flexibility index (Phi) is 7.11. The van der Waals surface area contributed by atoms with E-state index in [4.69, 9.17) is 0 Å². The van der Waals surface area contributed by atoms with Gasteiger partial charge in [0, 0.05) is 33.2 Å². The maximum atomic E-state index is 2.44. The normalized spacial score (nSPS) is 12.9. The predicted octanol–water partition coefficient (Wildman–Crippen LogP) is 13.8. The highest BCUT2D eigenvalue weighted by Gasteiger charge is 2.46. The van der Waals surface area contributed by atoms with Crippen LogP contribution in [0.25, 0.3) is 49.4 Å². The quantitative estimate of drug-likeness (QED) is 0.168. The summed E-state index contributed by atoms with van der Waals surface area (Å²) < 4.78 is 2.38. The zero-order chi connectivity index (χ0) is 36.3. The van der Waals surface area contributed by atoms with E-state index in [1.165, 1.54) is 66.0 Å². The van der Waals surface area contributed by atoms with Crippen LogP contribution in [0.3, 0.4) is 0 Å². The lowest BCUT2D eigenvalue weighted by molar-refractivity contribution is 0.768. The summed E-state index contributed by atoms with van der Waals surface area (Å²) in [6.07, 6.45) is 0. The summed E-state index contributed by atoms with van der Waals surface area (Å²) in [7, 11) is 0. The third-order valence-electron chi connectivity index (χ3n) is 11.7. The van der Waals surface area contributed by atoms with E-state index in [2.05, 4.69) is 228 Å². The van der Waals surface area contributed by atoms with Gasteiger partial charge in [0.25, 0.3) is 0 Å². The molecule has 0 amide bonds. The van der Waals surface area contributed by atoms with Gasteiger partial charge in [-0.3, -0.25) is 0 Å². The molecular formula is C53H36N2. The van der Waals surface area contributed by atoms with Crippen LogP contribution >= 0.6 is 0 Å². The van der Waals surface area contributed by atoms with E-state index in [1.807, 2.05) is 0 Å². The lowest BCUT2D eigenvalue weighted by atomic mass is 9.67. The molecule has 0 bridgehead atoms. The second-order valence-corrected chi connectivity index (χ2v) is 14.5. The highest BCUT2D eigenvalue weighted by Crippen LogP contribution is 2.56. The van der Waals surface area contributed by atoms with E-state index in [-0.39, 0.29) is 0 Å². The molecule has 258 valence electrons. The molecule has 0 radical (unpaired) electrons. The van der Waals surface area contributed by atoms with Crippen LogP contribution in [0.1, 0.15) is 22.3 Å². The minimum atomic E-state index is -0.491. The Morgan fingerprint density at radius 1 is 0.364 bits per heavy atom. The van der Waals surface area contributed by atoms with Crippen molar-refractivity contribution in [2.45, 2.75) is 5.41 Å². The van der Waals surface area contributed by atoms with Crippen molar-refractivity contribution in [2.75, 3.05) is 4.90 Å². The SMILES string of the molecule is c1ccc(C2(c3cccc(N(c4ccc(-n5c6ccccc6c6ccccc65)cc4)c4cccc5ccccc45)c3)c3ccccc3-c3ccccc32)cc1. The van der Waals surface area contributed by atoms with E-state index < -0.39 is 5.41 Å². The molecule has 11 rings (SSSR count). The highest BCUT2D eigenvalue weighted by atomic mass is 15.1. The molecule has 0 N–H and O–H groups in total. The third-order valence-corrected chi connectivity index (χ3v) is 11.7. The number of aromatic nitrogens is 1. The van der Waals surface area contributed by atoms with Crippen molar-refractivity contribution >= 4 is 49.6 Å². The summed E-state index contributed by atoms with van der Waals surface area (Å²) in [5.74, 6) is 0. The predicted molar refractivity (Wildman–Crippen MR) is 230 cm³/mol. The van der Waals surface area contributed by atoms with Crippen LogP contribution in [0.15, 0.2) is 218 Å². The first-order valence-corrected chi connectivity index (χ1v) is 19.0. The Morgan fingerprint density at radius 3 is 1.58 bits per heavy atom. The van der Waals surface area contributed by atoms with Gasteiger partial charge in [0.1, 0.15) is 0 Å². The molecule has 1 aliphatic carbocycles. The van der Waals surface area contributed by atoms with Crippen LogP contribution in [0.2, 0.25) is 0 Å². The van der Waals surface area contributed by atoms with Crippen LogP contribution in [0.4, 0.5) is 17.1 Å². The van der Waals surface area contributed by atoms with Gasteiger partial charge in [-0.15, -0.1) is 0 Å². The topological polar surface area (TPSA) is 8.17 Å². The van der Waals surface area contributed by atoms with Gasteiger partial charge in [0.15, 0.2) is 0 Å². The van der Waals surface area contributed by atoms with Crippen molar-refractivity contribution in [3.05, 3.63) is 241 Å². The molecule has 0 spiro atoms. The molecule has 1 aromatic heterocycles. The van der Waals surface area contributed by atoms with Crippen molar-refractivity contribution in [2.24, 2.45) is 0 Å². The summed E-state index contributed by atoms with van der Waals surface area (Å²) in [5.41, 5.74) is 14.1. The minimum Gasteiger partial charge on any atom is -0.310 e. The van der Waals surface area contributed by atoms with Crippen LogP contribution in [0.5, 0.6) is 0 Å². The van der Waals surface area contributed by atoms with Gasteiger partial charge >= 0.3 is 0 Å². The Hall–Kier alpha value is -7.16. The summed E-state index contributed by atoms with van der Waals surface area (Å²) in [4.78, 5) is 2.44. The average molecular weight is 701 g/mol. The molecule has 10 aromatic rings. The highest BCUT2D eigenvalue weighted by molar-refractivity contribution is 6.09. The fourth-order valence-electron chi connectivity index (χ4n) is 9.37. The van der Waals surface area contributed by atoms with Crippen molar-refractivity contribution in [1.29, 1.82) is 0 Å². The maximum absolute atomic E-state index is 2.44. The molecule has 55 heavy (non-hydrogen) atoms. The monoisotopic (exact) mass is 700 g/mol. The van der Waals surface area contributed by atoms with Gasteiger partial charge in [0.2, 0.25) is 0 Å². The van der Waals surface area contributed by atoms with Crippen molar-refractivity contribution in [3.8, 4) is 16.8 Å². The average Bonchev–Trinajstić information content (AvgIpc) is 3.76. The summed E-state index contributed by atoms with van der Waals surface area (Å²) in [6.45, 7) is 0. The van der Waals surface area contributed by atoms with E-state index in [1.54, 1.807) is 0 Å². The van der Waals surface area contributed by atoms with Gasteiger partial charge in [-0.1, -0.05) is 164 Å². The molecule has 0 aliphatic heterocycles. The van der Waals surface area contributed by atoms with Gasteiger partial charge in [-0.25, -0.2) is 0 Å². The van der Waals surface area contributed by atoms with Gasteiger partial charge in [-0.2, -0.15) is 0 Å². The molecular weight excluding hydrogens is 665 g/mol. The molecule has 0 atom stereocenters. The van der Waals surface area contributed by atoms with Crippen molar-refractivity contribution in [3.63, 3.8) is 0 Å². The van der Waals surface area contributed by atoms with Crippen LogP contribution in [-0.2, 0) is 5.41 Å². The number of hydrogen-bond acceptors (Lipinski definition) is 1. The smallest absolute Gasteiger partial charge is 0.0714 e. The van der Waals surface area contributed by atoms with E-state index in [0.29, 0.717) is 0 Å². The van der Waals surface area contributed by atoms with Gasteiger partial charge in [0.05, 0.1) is 22.1 Å². The number of para-hydroxylation sites is 2. The first-order chi connectivity index (χ1) is 27.3. The molecule has 9 aromatic carbocycles. The van der Waals surface area contributed by atoms with E-state index >= 15 is 0 Å². The van der Waals surface area contributed by atoms with E-state index in [9.17, 15) is 0 Å². The fraction of sp³-hybridized carbons (Fsp3) is 0.0189. The summed E-state index contributed by atoms with van der Waals surface area (Å²) >= 11 is 0. The molecule has 1 heterocycles. The number of rotatable bonds is 6. The number of anilines is 3. The second kappa shape index (κ2) is 12.5. The number of nitrogens with zero attached hydrogens (tertiary/aromatic N) is 2. The maximum Gasteiger partial charge on any atom is 0.0714 e. The summed E-state index contributed by atoms with van der Waals surface area (Å²) in [6, 6.07) is 80.1. The first kappa shape index (κ1) is 31.4. The van der Waals surface area contributed by atoms with Crippen LogP contribution in [-0.4, -0.2) is 4.57 Å². The Morgan fingerprint density at radius 2 is 0.891 bits per heavy atom. The minimum absolute atomic E-state index is 0.491. The molecule has 0 saturated carbocycles. The lowest BCUT2D eigenvalue weighted by Crippen LogP contribution is -2.28. The van der Waals surface area contributed by atoms with Crippen molar-refractivity contribution < 1.29 is 0 Å². The lowest BCUT2D eigenvalue weighted by Gasteiger charge is -2.35. The Bertz CT molecular complexity index is 2940. The zero-order valence-electron chi connectivity index (χ0n) is 30.2. The summed E-state index contributed by atoms with van der Waals surface area (Å²) in [5, 5.41) is 4.94. The zero-order valence-corrected chi connectivity index (χ0v) is 30.2. The fourth-order valence-corrected chi connectivity index (χ4v) is 9.37. The van der Waals surface area contributed by atoms with Crippen molar-refractivity contribution in [1.82, 2.24) is 4.57 Å². The largest absolute Gasteiger partial charge is 0.310 e. The molecule has 2 heteroatoms. The van der Waals surface area contributed by atoms with Gasteiger partial charge < -0.3 is 9.47 Å². The number of hydrogen-bond donors (Lipinski definition) is 0. The standard InChI is InChI=1S/C53H36N2/c1-2-18-38(19-3-1)53(48-27-10-6-23-44(48)45-24-7-11-28-49(45)53)39-20-15-21-42(36-39)54(50-31-14-17-37-16-4-5-22-43(37)50)40-32-34-41(35-33-40)55-51-29-12-8-25-46(51)47-26-9-13-30-52(47)55/h1-36H. The third kappa shape index (κ3) is 4.68. The number of benzene rings is 9. The second-order valence-electron chi connectivity index (χ2n) is 14.5. The Balaban J connectivity index is 1.14. The van der Waals surface area contributed by atoms with Gasteiger partial charge in [-0.05, 0) is 93.4 Å². The molecule has 1 aliphatic rings. The van der Waals surface area contributed by atoms with Crippen LogP contribution < -0.4 is 4.90 Å². The first-order valence-electron chi connectivity index (χ1n) is 19.0. The molecule has 2 nitrogen and oxygen atoms in total. The number of fused-ring (bicyclic) bond motifs is 7.